The zero-order valence-electron chi connectivity index (χ0n) is 7.86. The Morgan fingerprint density at radius 1 is 1.64 bits per heavy atom. The van der Waals surface area contributed by atoms with Crippen LogP contribution < -0.4 is 10.2 Å². The zero-order valence-corrected chi connectivity index (χ0v) is 7.86. The van der Waals surface area contributed by atoms with Crippen LogP contribution in [-0.2, 0) is 0 Å². The van der Waals surface area contributed by atoms with Gasteiger partial charge in [0, 0.05) is 0 Å². The van der Waals surface area contributed by atoms with Gasteiger partial charge in [-0.05, 0) is 18.6 Å². The summed E-state index contributed by atoms with van der Waals surface area (Å²) in [5, 5.41) is 8.33. The monoisotopic (exact) mass is 196 g/mol. The Hall–Kier alpha value is -1.62. The molecule has 0 aliphatic heterocycles. The summed E-state index contributed by atoms with van der Waals surface area (Å²) in [6.45, 7) is 2.62. The van der Waals surface area contributed by atoms with Crippen molar-refractivity contribution in [3.05, 3.63) is 24.0 Å². The minimum Gasteiger partial charge on any atom is -0.492 e. The molecule has 0 aliphatic rings. The Bertz CT molecular complexity index is 297. The van der Waals surface area contributed by atoms with Crippen molar-refractivity contribution in [1.29, 1.82) is 0 Å². The number of rotatable bonds is 4. The highest BCUT2D eigenvalue weighted by atomic mass is 16.5. The number of aromatic nitrogens is 1. The fourth-order valence-corrected chi connectivity index (χ4v) is 0.877. The molecule has 76 valence electrons. The van der Waals surface area contributed by atoms with Gasteiger partial charge in [-0.15, -0.1) is 0 Å². The molecular weight excluding hydrogens is 184 g/mol. The molecule has 0 aliphatic carbocycles. The molecule has 0 unspecified atom stereocenters. The van der Waals surface area contributed by atoms with Gasteiger partial charge in [0.2, 0.25) is 0 Å². The van der Waals surface area contributed by atoms with Crippen LogP contribution in [0.3, 0.4) is 0 Å². The van der Waals surface area contributed by atoms with E-state index in [1.54, 1.807) is 6.07 Å². The minimum atomic E-state index is -0.632. The van der Waals surface area contributed by atoms with E-state index in [1.807, 2.05) is 6.92 Å². The van der Waals surface area contributed by atoms with E-state index in [4.69, 9.17) is 9.94 Å². The molecule has 1 aromatic rings. The van der Waals surface area contributed by atoms with E-state index in [2.05, 4.69) is 4.98 Å². The lowest BCUT2D eigenvalue weighted by atomic mass is 10.3. The molecule has 1 heterocycles. The van der Waals surface area contributed by atoms with Crippen LogP contribution in [0.25, 0.3) is 0 Å². The number of carbonyl (C=O) groups excluding carboxylic acids is 1. The maximum absolute atomic E-state index is 10.9. The lowest BCUT2D eigenvalue weighted by molar-refractivity contribution is 0.0700. The quantitative estimate of drug-likeness (QED) is 0.556. The van der Waals surface area contributed by atoms with Crippen LogP contribution in [0, 0.1) is 0 Å². The maximum atomic E-state index is 10.9. The standard InChI is InChI=1S/C9H12N2O3/c1-2-5-14-7-3-4-8(10-6-7)9(12)11-13/h3-4,6,13H,2,5H2,1H3,(H,11,12). The molecule has 0 atom stereocenters. The molecule has 1 aromatic heterocycles. The second-order valence-corrected chi connectivity index (χ2v) is 2.67. The molecule has 1 rings (SSSR count). The molecule has 0 radical (unpaired) electrons. The zero-order chi connectivity index (χ0) is 10.4. The number of ether oxygens (including phenoxy) is 1. The van der Waals surface area contributed by atoms with Crippen LogP contribution in [-0.4, -0.2) is 22.7 Å². The molecule has 0 saturated carbocycles. The van der Waals surface area contributed by atoms with Crippen LogP contribution in [0.5, 0.6) is 5.75 Å². The van der Waals surface area contributed by atoms with Crippen LogP contribution in [0.4, 0.5) is 0 Å². The van der Waals surface area contributed by atoms with Gasteiger partial charge in [-0.25, -0.2) is 10.5 Å². The molecule has 0 spiro atoms. The number of pyridine rings is 1. The Morgan fingerprint density at radius 2 is 2.43 bits per heavy atom. The highest BCUT2D eigenvalue weighted by Gasteiger charge is 2.04. The van der Waals surface area contributed by atoms with E-state index in [0.29, 0.717) is 12.4 Å². The van der Waals surface area contributed by atoms with E-state index in [-0.39, 0.29) is 5.69 Å². The van der Waals surface area contributed by atoms with Crippen LogP contribution in [0.2, 0.25) is 0 Å². The summed E-state index contributed by atoms with van der Waals surface area (Å²) in [7, 11) is 0. The van der Waals surface area contributed by atoms with Crippen molar-refractivity contribution in [3.8, 4) is 5.75 Å². The van der Waals surface area contributed by atoms with E-state index in [0.717, 1.165) is 6.42 Å². The molecule has 1 amide bonds. The van der Waals surface area contributed by atoms with Gasteiger partial charge in [-0.3, -0.25) is 10.0 Å². The fourth-order valence-electron chi connectivity index (χ4n) is 0.877. The Kier molecular flexibility index (Phi) is 3.87. The van der Waals surface area contributed by atoms with Gasteiger partial charge in [0.1, 0.15) is 11.4 Å². The highest BCUT2D eigenvalue weighted by Crippen LogP contribution is 2.09. The number of nitrogens with zero attached hydrogens (tertiary/aromatic N) is 1. The predicted octanol–water partition coefficient (Wildman–Crippen LogP) is 0.989. The summed E-state index contributed by atoms with van der Waals surface area (Å²) >= 11 is 0. The van der Waals surface area contributed by atoms with Crippen molar-refractivity contribution in [2.75, 3.05) is 6.61 Å². The number of nitrogens with one attached hydrogen (secondary N) is 1. The van der Waals surface area contributed by atoms with Crippen molar-refractivity contribution in [1.82, 2.24) is 10.5 Å². The average molecular weight is 196 g/mol. The Balaban J connectivity index is 2.63. The number of amides is 1. The SMILES string of the molecule is CCCOc1ccc(C(=O)NO)nc1. The molecule has 5 heteroatoms. The van der Waals surface area contributed by atoms with Crippen molar-refractivity contribution in [3.63, 3.8) is 0 Å². The number of hydroxylamine groups is 1. The summed E-state index contributed by atoms with van der Waals surface area (Å²) in [5.41, 5.74) is 1.65. The molecule has 0 saturated heterocycles. The van der Waals surface area contributed by atoms with Crippen molar-refractivity contribution >= 4 is 5.91 Å². The Morgan fingerprint density at radius 3 is 2.93 bits per heavy atom. The first kappa shape index (κ1) is 10.5. The molecule has 5 nitrogen and oxygen atoms in total. The predicted molar refractivity (Wildman–Crippen MR) is 49.3 cm³/mol. The Labute approximate surface area is 81.7 Å². The summed E-state index contributed by atoms with van der Waals surface area (Å²) < 4.78 is 5.27. The number of carbonyl (C=O) groups is 1. The summed E-state index contributed by atoms with van der Waals surface area (Å²) in [6.07, 6.45) is 2.36. The van der Waals surface area contributed by atoms with E-state index < -0.39 is 5.91 Å². The summed E-state index contributed by atoms with van der Waals surface area (Å²) in [6, 6.07) is 3.11. The van der Waals surface area contributed by atoms with Crippen molar-refractivity contribution in [2.24, 2.45) is 0 Å². The van der Waals surface area contributed by atoms with Gasteiger partial charge in [0.25, 0.3) is 5.91 Å². The van der Waals surface area contributed by atoms with E-state index in [1.165, 1.54) is 17.7 Å². The third-order valence-corrected chi connectivity index (χ3v) is 1.54. The van der Waals surface area contributed by atoms with E-state index >= 15 is 0 Å². The van der Waals surface area contributed by atoms with Crippen LogP contribution in [0.15, 0.2) is 18.3 Å². The van der Waals surface area contributed by atoms with Gasteiger partial charge < -0.3 is 4.74 Å². The largest absolute Gasteiger partial charge is 0.492 e. The summed E-state index contributed by atoms with van der Waals surface area (Å²) in [4.78, 5) is 14.7. The molecular formula is C9H12N2O3. The van der Waals surface area contributed by atoms with E-state index in [9.17, 15) is 4.79 Å². The highest BCUT2D eigenvalue weighted by molar-refractivity contribution is 5.91. The summed E-state index contributed by atoms with van der Waals surface area (Å²) in [5.74, 6) is -0.0200. The minimum absolute atomic E-state index is 0.149. The average Bonchev–Trinajstić information content (AvgIpc) is 2.26. The number of hydrogen-bond acceptors (Lipinski definition) is 4. The first-order valence-corrected chi connectivity index (χ1v) is 4.31. The fraction of sp³-hybridized carbons (Fsp3) is 0.333. The normalized spacial score (nSPS) is 9.57. The molecule has 2 N–H and O–H groups in total. The van der Waals surface area contributed by atoms with Gasteiger partial charge in [0.05, 0.1) is 12.8 Å². The van der Waals surface area contributed by atoms with Crippen molar-refractivity contribution in [2.45, 2.75) is 13.3 Å². The van der Waals surface area contributed by atoms with Gasteiger partial charge in [0.15, 0.2) is 0 Å². The second-order valence-electron chi connectivity index (χ2n) is 2.67. The number of hydrogen-bond donors (Lipinski definition) is 2. The smallest absolute Gasteiger partial charge is 0.293 e. The first-order valence-electron chi connectivity index (χ1n) is 4.31. The molecule has 0 bridgehead atoms. The lowest BCUT2D eigenvalue weighted by Gasteiger charge is -2.03. The topological polar surface area (TPSA) is 71.5 Å². The second kappa shape index (κ2) is 5.18. The molecule has 0 fully saturated rings. The maximum Gasteiger partial charge on any atom is 0.293 e. The van der Waals surface area contributed by atoms with Gasteiger partial charge >= 0.3 is 0 Å². The van der Waals surface area contributed by atoms with Gasteiger partial charge in [-0.1, -0.05) is 6.92 Å². The van der Waals surface area contributed by atoms with Crippen LogP contribution >= 0.6 is 0 Å². The van der Waals surface area contributed by atoms with Gasteiger partial charge in [-0.2, -0.15) is 0 Å². The first-order chi connectivity index (χ1) is 6.77. The molecule has 14 heavy (non-hydrogen) atoms. The van der Waals surface area contributed by atoms with Crippen molar-refractivity contribution < 1.29 is 14.7 Å². The lowest BCUT2D eigenvalue weighted by Crippen LogP contribution is -2.19. The molecule has 0 aromatic carbocycles. The van der Waals surface area contributed by atoms with Crippen LogP contribution in [0.1, 0.15) is 23.8 Å². The third-order valence-electron chi connectivity index (χ3n) is 1.54. The third kappa shape index (κ3) is 2.70.